The van der Waals surface area contributed by atoms with Crippen LogP contribution in [0.4, 0.5) is 4.39 Å². The Hall–Kier alpha value is -1.36. The van der Waals surface area contributed by atoms with Crippen molar-refractivity contribution in [3.8, 4) is 0 Å². The van der Waals surface area contributed by atoms with Crippen LogP contribution in [-0.4, -0.2) is 6.54 Å². The van der Waals surface area contributed by atoms with Gasteiger partial charge in [-0.25, -0.2) is 11.0 Å². The van der Waals surface area contributed by atoms with E-state index in [9.17, 15) is 4.39 Å². The van der Waals surface area contributed by atoms with Crippen LogP contribution in [0.15, 0.2) is 24.3 Å². The first kappa shape index (κ1) is 9.73. The summed E-state index contributed by atoms with van der Waals surface area (Å²) in [6, 6.07) is 6.44. The van der Waals surface area contributed by atoms with Crippen molar-refractivity contribution in [1.82, 2.24) is 0 Å². The summed E-state index contributed by atoms with van der Waals surface area (Å²) in [5.41, 5.74) is 0.618. The molecule has 1 aromatic carbocycles. The molecule has 2 heteroatoms. The van der Waals surface area contributed by atoms with Crippen LogP contribution in [0.2, 0.25) is 0 Å². The van der Waals surface area contributed by atoms with Crippen molar-refractivity contribution in [3.63, 3.8) is 0 Å². The Bertz CT molecular complexity index is 336. The number of benzene rings is 1. The van der Waals surface area contributed by atoms with E-state index in [1.54, 1.807) is 6.07 Å². The van der Waals surface area contributed by atoms with E-state index < -0.39 is 0 Å². The maximum atomic E-state index is 12.9. The minimum Gasteiger partial charge on any atom is -0.316 e. The van der Waals surface area contributed by atoms with Gasteiger partial charge in [-0.2, -0.15) is 0 Å². The smallest absolute Gasteiger partial charge is 0.223 e. The Morgan fingerprint density at radius 3 is 2.69 bits per heavy atom. The van der Waals surface area contributed by atoms with E-state index in [4.69, 9.17) is 6.57 Å². The molecule has 0 atom stereocenters. The molecular weight excluding hydrogens is 165 g/mol. The van der Waals surface area contributed by atoms with Gasteiger partial charge >= 0.3 is 0 Å². The molecule has 1 aromatic rings. The molecule has 0 aliphatic heterocycles. The van der Waals surface area contributed by atoms with Crippen LogP contribution in [0.25, 0.3) is 4.85 Å². The van der Waals surface area contributed by atoms with Gasteiger partial charge in [-0.15, -0.1) is 0 Å². The molecule has 0 aliphatic carbocycles. The molecular formula is C11H12FN. The van der Waals surface area contributed by atoms with E-state index in [-0.39, 0.29) is 11.2 Å². The maximum Gasteiger partial charge on any atom is 0.223 e. The van der Waals surface area contributed by atoms with Crippen LogP contribution in [-0.2, 0) is 5.41 Å². The second-order valence-corrected chi connectivity index (χ2v) is 3.71. The lowest BCUT2D eigenvalue weighted by Crippen LogP contribution is -2.20. The highest BCUT2D eigenvalue weighted by molar-refractivity contribution is 5.25. The molecule has 0 aliphatic rings. The molecule has 0 radical (unpaired) electrons. The average Bonchev–Trinajstić information content (AvgIpc) is 2.04. The third-order valence-corrected chi connectivity index (χ3v) is 2.08. The molecule has 0 heterocycles. The summed E-state index contributed by atoms with van der Waals surface area (Å²) in [6.45, 7) is 11.1. The van der Waals surface area contributed by atoms with Crippen molar-refractivity contribution in [2.75, 3.05) is 6.54 Å². The lowest BCUT2D eigenvalue weighted by atomic mass is 9.85. The van der Waals surface area contributed by atoms with Gasteiger partial charge in [-0.3, -0.25) is 0 Å². The lowest BCUT2D eigenvalue weighted by molar-refractivity contribution is 0.559. The molecule has 0 saturated heterocycles. The largest absolute Gasteiger partial charge is 0.316 e. The molecule has 0 aromatic heterocycles. The van der Waals surface area contributed by atoms with Crippen molar-refractivity contribution >= 4 is 0 Å². The monoisotopic (exact) mass is 177 g/mol. The Morgan fingerprint density at radius 2 is 2.15 bits per heavy atom. The summed E-state index contributed by atoms with van der Waals surface area (Å²) in [5.74, 6) is -0.240. The van der Waals surface area contributed by atoms with Gasteiger partial charge in [0.05, 0.1) is 5.41 Å². The van der Waals surface area contributed by atoms with E-state index >= 15 is 0 Å². The quantitative estimate of drug-likeness (QED) is 0.611. The summed E-state index contributed by atoms with van der Waals surface area (Å²) in [6.07, 6.45) is 0. The van der Waals surface area contributed by atoms with E-state index in [0.29, 0.717) is 6.54 Å². The molecule has 13 heavy (non-hydrogen) atoms. The minimum absolute atomic E-state index is 0.240. The number of hydrogen-bond acceptors (Lipinski definition) is 0. The Balaban J connectivity index is 3.01. The van der Waals surface area contributed by atoms with E-state index in [1.807, 2.05) is 19.9 Å². The summed E-state index contributed by atoms with van der Waals surface area (Å²) in [5, 5.41) is 0. The van der Waals surface area contributed by atoms with Gasteiger partial charge in [0.2, 0.25) is 6.54 Å². The summed E-state index contributed by atoms with van der Waals surface area (Å²) in [7, 11) is 0. The van der Waals surface area contributed by atoms with Crippen LogP contribution in [0.3, 0.4) is 0 Å². The van der Waals surface area contributed by atoms with Crippen molar-refractivity contribution in [2.24, 2.45) is 0 Å². The summed E-state index contributed by atoms with van der Waals surface area (Å²) < 4.78 is 12.9. The highest BCUT2D eigenvalue weighted by Crippen LogP contribution is 2.23. The zero-order valence-corrected chi connectivity index (χ0v) is 7.84. The second-order valence-electron chi connectivity index (χ2n) is 3.71. The second kappa shape index (κ2) is 3.57. The molecule has 0 saturated carbocycles. The van der Waals surface area contributed by atoms with Crippen molar-refractivity contribution < 1.29 is 4.39 Å². The third kappa shape index (κ3) is 2.29. The van der Waals surface area contributed by atoms with Gasteiger partial charge in [-0.05, 0) is 31.5 Å². The van der Waals surface area contributed by atoms with E-state index in [1.165, 1.54) is 12.1 Å². The molecule has 68 valence electrons. The van der Waals surface area contributed by atoms with Crippen LogP contribution in [0.5, 0.6) is 0 Å². The molecule has 1 nitrogen and oxygen atoms in total. The minimum atomic E-state index is -0.260. The van der Waals surface area contributed by atoms with Crippen LogP contribution < -0.4 is 0 Å². The van der Waals surface area contributed by atoms with Gasteiger partial charge in [0.15, 0.2) is 0 Å². The predicted molar refractivity (Wildman–Crippen MR) is 50.9 cm³/mol. The fourth-order valence-corrected chi connectivity index (χ4v) is 1.20. The fraction of sp³-hybridized carbons (Fsp3) is 0.364. The zero-order valence-electron chi connectivity index (χ0n) is 7.84. The molecule has 0 amide bonds. The lowest BCUT2D eigenvalue weighted by Gasteiger charge is -2.18. The van der Waals surface area contributed by atoms with Crippen LogP contribution in [0, 0.1) is 12.4 Å². The number of rotatable bonds is 2. The molecule has 1 rings (SSSR count). The predicted octanol–water partition coefficient (Wildman–Crippen LogP) is 3.02. The first-order valence-electron chi connectivity index (χ1n) is 4.15. The molecule has 0 fully saturated rings. The number of halogens is 1. The van der Waals surface area contributed by atoms with Crippen LogP contribution >= 0.6 is 0 Å². The maximum absolute atomic E-state index is 12.9. The Morgan fingerprint density at radius 1 is 1.46 bits per heavy atom. The molecule has 0 N–H and O–H groups in total. The van der Waals surface area contributed by atoms with E-state index in [2.05, 4.69) is 4.85 Å². The highest BCUT2D eigenvalue weighted by Gasteiger charge is 2.24. The van der Waals surface area contributed by atoms with Gasteiger partial charge in [0.1, 0.15) is 5.82 Å². The summed E-state index contributed by atoms with van der Waals surface area (Å²) >= 11 is 0. The van der Waals surface area contributed by atoms with Crippen molar-refractivity contribution in [1.29, 1.82) is 0 Å². The first-order valence-corrected chi connectivity index (χ1v) is 4.15. The van der Waals surface area contributed by atoms with Gasteiger partial charge < -0.3 is 4.85 Å². The molecule has 0 spiro atoms. The first-order chi connectivity index (χ1) is 6.06. The topological polar surface area (TPSA) is 4.36 Å². The van der Waals surface area contributed by atoms with Crippen LogP contribution in [0.1, 0.15) is 19.4 Å². The average molecular weight is 177 g/mol. The zero-order chi connectivity index (χ0) is 9.90. The standard InChI is InChI=1S/C11H12FN/c1-11(2,8-13-3)9-5-4-6-10(12)7-9/h4-7H,8H2,1-2H3. The summed E-state index contributed by atoms with van der Waals surface area (Å²) in [4.78, 5) is 3.34. The SMILES string of the molecule is [C-]#[N+]CC(C)(C)c1cccc(F)c1. The van der Waals surface area contributed by atoms with Crippen molar-refractivity contribution in [3.05, 3.63) is 47.1 Å². The number of nitrogens with zero attached hydrogens (tertiary/aromatic N) is 1. The van der Waals surface area contributed by atoms with Gasteiger partial charge in [0, 0.05) is 0 Å². The highest BCUT2D eigenvalue weighted by atomic mass is 19.1. The van der Waals surface area contributed by atoms with E-state index in [0.717, 1.165) is 5.56 Å². The van der Waals surface area contributed by atoms with Crippen molar-refractivity contribution in [2.45, 2.75) is 19.3 Å². The normalized spacial score (nSPS) is 10.9. The third-order valence-electron chi connectivity index (χ3n) is 2.08. The molecule has 0 bridgehead atoms. The molecule has 0 unspecified atom stereocenters. The van der Waals surface area contributed by atoms with Gasteiger partial charge in [0.25, 0.3) is 0 Å². The Labute approximate surface area is 78.0 Å². The fourth-order valence-electron chi connectivity index (χ4n) is 1.20. The Kier molecular flexibility index (Phi) is 2.67. The number of hydrogen-bond donors (Lipinski definition) is 0. The van der Waals surface area contributed by atoms with Gasteiger partial charge in [-0.1, -0.05) is 12.1 Å².